The molecule has 2 N–H and O–H groups in total. The summed E-state index contributed by atoms with van der Waals surface area (Å²) in [6.07, 6.45) is 0.227. The summed E-state index contributed by atoms with van der Waals surface area (Å²) in [5.74, 6) is 1.39. The van der Waals surface area contributed by atoms with E-state index >= 15 is 0 Å². The Hall–Kier alpha value is -0.870. The minimum Gasteiger partial charge on any atom is -0.391 e. The highest BCUT2D eigenvalue weighted by molar-refractivity contribution is 6.30. The molecule has 0 bridgehead atoms. The number of aliphatic hydroxyl groups is 1. The van der Waals surface area contributed by atoms with Crippen LogP contribution in [-0.2, 0) is 6.42 Å². The van der Waals surface area contributed by atoms with Crippen LogP contribution >= 0.6 is 11.6 Å². The summed E-state index contributed by atoms with van der Waals surface area (Å²) in [6, 6.07) is 0. The Labute approximate surface area is 107 Å². The number of nitrogens with zero attached hydrogens (tertiary/aromatic N) is 2. The number of halogens is 1. The van der Waals surface area contributed by atoms with Gasteiger partial charge in [-0.2, -0.15) is 0 Å². The summed E-state index contributed by atoms with van der Waals surface area (Å²) in [6.45, 7) is 9.41. The van der Waals surface area contributed by atoms with E-state index in [9.17, 15) is 5.11 Å². The zero-order valence-electron chi connectivity index (χ0n) is 11.0. The van der Waals surface area contributed by atoms with Crippen molar-refractivity contribution in [3.8, 4) is 0 Å². The molecule has 0 aliphatic carbocycles. The van der Waals surface area contributed by atoms with Crippen LogP contribution in [0.1, 0.15) is 39.1 Å². The normalized spacial score (nSPS) is 13.6. The molecule has 0 aliphatic heterocycles. The third-order valence-electron chi connectivity index (χ3n) is 2.93. The molecule has 4 nitrogen and oxygen atoms in total. The molecule has 1 unspecified atom stereocenters. The van der Waals surface area contributed by atoms with Gasteiger partial charge in [0.1, 0.15) is 16.8 Å². The molecule has 1 heterocycles. The van der Waals surface area contributed by atoms with E-state index in [4.69, 9.17) is 11.6 Å². The molecule has 0 fully saturated rings. The third-order valence-corrected chi connectivity index (χ3v) is 3.30. The first-order chi connectivity index (χ1) is 7.77. The number of rotatable bonds is 4. The third kappa shape index (κ3) is 3.30. The maximum absolute atomic E-state index is 9.69. The van der Waals surface area contributed by atoms with Crippen molar-refractivity contribution in [1.82, 2.24) is 9.97 Å². The van der Waals surface area contributed by atoms with Crippen molar-refractivity contribution in [3.63, 3.8) is 0 Å². The summed E-state index contributed by atoms with van der Waals surface area (Å²) in [4.78, 5) is 8.58. The molecule has 1 aromatic rings. The average molecular weight is 258 g/mol. The highest BCUT2D eigenvalue weighted by atomic mass is 35.5. The fraction of sp³-hybridized carbons (Fsp3) is 0.667. The maximum Gasteiger partial charge on any atom is 0.137 e. The number of aryl methyl sites for hydroxylation is 1. The number of aliphatic hydroxyl groups excluding tert-OH is 1. The van der Waals surface area contributed by atoms with Crippen molar-refractivity contribution < 1.29 is 5.11 Å². The lowest BCUT2D eigenvalue weighted by Gasteiger charge is -2.30. The lowest BCUT2D eigenvalue weighted by atomic mass is 9.98. The lowest BCUT2D eigenvalue weighted by molar-refractivity contribution is 0.133. The van der Waals surface area contributed by atoms with E-state index in [1.807, 2.05) is 27.7 Å². The first kappa shape index (κ1) is 14.2. The van der Waals surface area contributed by atoms with E-state index in [1.54, 1.807) is 6.92 Å². The Balaban J connectivity index is 3.10. The number of hydrogen-bond acceptors (Lipinski definition) is 4. The van der Waals surface area contributed by atoms with Crippen LogP contribution in [0.5, 0.6) is 0 Å². The number of hydrogen-bond donors (Lipinski definition) is 2. The van der Waals surface area contributed by atoms with Crippen molar-refractivity contribution in [2.24, 2.45) is 0 Å². The molecule has 1 atom stereocenters. The second-order valence-corrected chi connectivity index (χ2v) is 5.14. The zero-order chi connectivity index (χ0) is 13.2. The lowest BCUT2D eigenvalue weighted by Crippen LogP contribution is -2.42. The summed E-state index contributed by atoms with van der Waals surface area (Å²) >= 11 is 6.05. The van der Waals surface area contributed by atoms with Crippen LogP contribution in [0.4, 0.5) is 5.82 Å². The monoisotopic (exact) mass is 257 g/mol. The number of anilines is 1. The van der Waals surface area contributed by atoms with Gasteiger partial charge in [0.15, 0.2) is 0 Å². The van der Waals surface area contributed by atoms with E-state index in [0.717, 1.165) is 12.0 Å². The van der Waals surface area contributed by atoms with E-state index in [2.05, 4.69) is 15.3 Å². The second kappa shape index (κ2) is 5.19. The van der Waals surface area contributed by atoms with Crippen molar-refractivity contribution in [2.45, 2.75) is 52.7 Å². The summed E-state index contributed by atoms with van der Waals surface area (Å²) in [5, 5.41) is 13.4. The van der Waals surface area contributed by atoms with Crippen molar-refractivity contribution in [2.75, 3.05) is 5.32 Å². The number of nitrogens with one attached hydrogen (secondary N) is 1. The van der Waals surface area contributed by atoms with E-state index < -0.39 is 11.6 Å². The van der Waals surface area contributed by atoms with Gasteiger partial charge in [0.05, 0.1) is 11.6 Å². The van der Waals surface area contributed by atoms with E-state index in [1.165, 1.54) is 0 Å². The molecule has 0 spiro atoms. The van der Waals surface area contributed by atoms with Gasteiger partial charge >= 0.3 is 0 Å². The Kier molecular flexibility index (Phi) is 4.33. The molecule has 0 aliphatic rings. The number of aromatic nitrogens is 2. The average Bonchev–Trinajstić information content (AvgIpc) is 2.23. The molecule has 0 radical (unpaired) electrons. The standard InChI is InChI=1S/C12H20ClN3O/c1-6-9-14-10(13)7(2)11(15-9)16-12(4,5)8(3)17/h8,17H,6H2,1-5H3,(H,14,15,16). The Bertz CT molecular complexity index is 405. The molecule has 0 saturated carbocycles. The summed E-state index contributed by atoms with van der Waals surface area (Å²) in [7, 11) is 0. The first-order valence-corrected chi connectivity index (χ1v) is 6.15. The van der Waals surface area contributed by atoms with Crippen LogP contribution in [0.3, 0.4) is 0 Å². The van der Waals surface area contributed by atoms with Crippen LogP contribution in [0.25, 0.3) is 0 Å². The molecular weight excluding hydrogens is 238 g/mol. The Morgan fingerprint density at radius 3 is 2.47 bits per heavy atom. The van der Waals surface area contributed by atoms with Crippen molar-refractivity contribution in [1.29, 1.82) is 0 Å². The van der Waals surface area contributed by atoms with Gasteiger partial charge in [-0.1, -0.05) is 18.5 Å². The van der Waals surface area contributed by atoms with Gasteiger partial charge in [-0.3, -0.25) is 0 Å². The fourth-order valence-corrected chi connectivity index (χ4v) is 1.41. The molecule has 5 heteroatoms. The molecule has 1 rings (SSSR count). The maximum atomic E-state index is 9.69. The summed E-state index contributed by atoms with van der Waals surface area (Å²) < 4.78 is 0. The van der Waals surface area contributed by atoms with Crippen LogP contribution in [0, 0.1) is 6.92 Å². The minimum absolute atomic E-state index is 0.459. The topological polar surface area (TPSA) is 58.0 Å². The van der Waals surface area contributed by atoms with Gasteiger partial charge < -0.3 is 10.4 Å². The van der Waals surface area contributed by atoms with E-state index in [-0.39, 0.29) is 0 Å². The van der Waals surface area contributed by atoms with E-state index in [0.29, 0.717) is 16.8 Å². The largest absolute Gasteiger partial charge is 0.391 e. The second-order valence-electron chi connectivity index (χ2n) is 4.78. The van der Waals surface area contributed by atoms with Gasteiger partial charge in [-0.05, 0) is 27.7 Å². The quantitative estimate of drug-likeness (QED) is 0.814. The van der Waals surface area contributed by atoms with Gasteiger partial charge in [0.25, 0.3) is 0 Å². The highest BCUT2D eigenvalue weighted by Crippen LogP contribution is 2.24. The molecule has 17 heavy (non-hydrogen) atoms. The molecular formula is C12H20ClN3O. The predicted molar refractivity (Wildman–Crippen MR) is 70.5 cm³/mol. The zero-order valence-corrected chi connectivity index (χ0v) is 11.8. The van der Waals surface area contributed by atoms with Crippen molar-refractivity contribution >= 4 is 17.4 Å². The molecule has 96 valence electrons. The summed E-state index contributed by atoms with van der Waals surface area (Å²) in [5.41, 5.74) is 0.338. The van der Waals surface area contributed by atoms with Crippen LogP contribution in [0.2, 0.25) is 5.15 Å². The van der Waals surface area contributed by atoms with Gasteiger partial charge in [0.2, 0.25) is 0 Å². The molecule has 0 saturated heterocycles. The fourth-order valence-electron chi connectivity index (χ4n) is 1.22. The SMILES string of the molecule is CCc1nc(Cl)c(C)c(NC(C)(C)C(C)O)n1. The minimum atomic E-state index is -0.499. The van der Waals surface area contributed by atoms with Crippen LogP contribution in [0.15, 0.2) is 0 Å². The van der Waals surface area contributed by atoms with Crippen LogP contribution < -0.4 is 5.32 Å². The smallest absolute Gasteiger partial charge is 0.137 e. The molecule has 0 aromatic carbocycles. The first-order valence-electron chi connectivity index (χ1n) is 5.77. The van der Waals surface area contributed by atoms with Gasteiger partial charge in [-0.15, -0.1) is 0 Å². The Morgan fingerprint density at radius 2 is 2.00 bits per heavy atom. The predicted octanol–water partition coefficient (Wildman–Crippen LogP) is 2.57. The molecule has 0 amide bonds. The Morgan fingerprint density at radius 1 is 1.41 bits per heavy atom. The van der Waals surface area contributed by atoms with Gasteiger partial charge in [0, 0.05) is 12.0 Å². The molecule has 1 aromatic heterocycles. The van der Waals surface area contributed by atoms with Gasteiger partial charge in [-0.25, -0.2) is 9.97 Å². The van der Waals surface area contributed by atoms with Crippen molar-refractivity contribution in [3.05, 3.63) is 16.5 Å². The highest BCUT2D eigenvalue weighted by Gasteiger charge is 2.25. The van der Waals surface area contributed by atoms with Crippen LogP contribution in [-0.4, -0.2) is 26.7 Å².